The maximum absolute atomic E-state index is 13.9. The number of hydrogen-bond acceptors (Lipinski definition) is 9. The third-order valence-electron chi connectivity index (χ3n) is 9.99. The molecule has 3 fully saturated rings. The summed E-state index contributed by atoms with van der Waals surface area (Å²) in [6.45, 7) is 1.82. The number of fused-ring (bicyclic) bond motifs is 9. The number of nitro groups is 1. The van der Waals surface area contributed by atoms with Crippen molar-refractivity contribution in [3.63, 3.8) is 0 Å². The summed E-state index contributed by atoms with van der Waals surface area (Å²) in [5.41, 5.74) is 3.00. The predicted molar refractivity (Wildman–Crippen MR) is 176 cm³/mol. The third-order valence-corrected chi connectivity index (χ3v) is 12.6. The molecule has 2 N–H and O–H groups in total. The van der Waals surface area contributed by atoms with Gasteiger partial charge in [0.1, 0.15) is 5.75 Å². The molecule has 1 aromatic heterocycles. The van der Waals surface area contributed by atoms with Crippen LogP contribution in [-0.2, 0) is 14.4 Å². The number of anilines is 2. The van der Waals surface area contributed by atoms with Crippen LogP contribution in [0.4, 0.5) is 17.1 Å². The molecule has 2 saturated carbocycles. The highest BCUT2D eigenvalue weighted by atomic mass is 32.2. The highest BCUT2D eigenvalue weighted by molar-refractivity contribution is 8.00. The zero-order valence-electron chi connectivity index (χ0n) is 25.0. The summed E-state index contributed by atoms with van der Waals surface area (Å²) in [5.74, 6) is -1.48. The number of thiazole rings is 1. The molecule has 2 aliphatic heterocycles. The molecule has 2 aliphatic carbocycles. The van der Waals surface area contributed by atoms with Gasteiger partial charge in [0.2, 0.25) is 11.8 Å². The number of carbonyl (C=O) groups excluding carboxylic acids is 3. The molecule has 238 valence electrons. The smallest absolute Gasteiger partial charge is 0.305 e. The number of ether oxygens (including phenoxy) is 1. The van der Waals surface area contributed by atoms with Gasteiger partial charge in [0, 0.05) is 33.9 Å². The molecule has 3 heterocycles. The van der Waals surface area contributed by atoms with Crippen LogP contribution in [0.2, 0.25) is 0 Å². The molecule has 8 rings (SSSR count). The van der Waals surface area contributed by atoms with E-state index in [1.54, 1.807) is 11.8 Å². The minimum atomic E-state index is -0.514. The molecule has 0 unspecified atom stereocenters. The number of carbonyl (C=O) groups is 3. The zero-order valence-corrected chi connectivity index (χ0v) is 26.6. The lowest BCUT2D eigenvalue weighted by atomic mass is 9.68. The number of nitrogens with one attached hydrogen (secondary N) is 2. The van der Waals surface area contributed by atoms with Crippen molar-refractivity contribution in [3.8, 4) is 5.75 Å². The molecular formula is C34H28N4O7S2. The van der Waals surface area contributed by atoms with E-state index in [9.17, 15) is 29.3 Å². The Bertz CT molecular complexity index is 1990. The fraction of sp³-hybridized carbons (Fsp3) is 0.294. The van der Waals surface area contributed by atoms with Gasteiger partial charge in [0.25, 0.3) is 11.6 Å². The first-order valence-corrected chi connectivity index (χ1v) is 17.0. The van der Waals surface area contributed by atoms with E-state index in [2.05, 4.69) is 10.3 Å². The number of aromatic nitrogens is 1. The first-order chi connectivity index (χ1) is 22.7. The number of H-pyrrole nitrogens is 1. The van der Waals surface area contributed by atoms with E-state index in [-0.39, 0.29) is 63.8 Å². The van der Waals surface area contributed by atoms with Gasteiger partial charge in [-0.25, -0.2) is 0 Å². The molecule has 0 spiro atoms. The second-order valence-electron chi connectivity index (χ2n) is 12.5. The zero-order chi connectivity index (χ0) is 32.6. The van der Waals surface area contributed by atoms with E-state index in [1.165, 1.54) is 40.5 Å². The molecule has 13 heteroatoms. The highest BCUT2D eigenvalue weighted by Gasteiger charge is 2.69. The Morgan fingerprint density at radius 2 is 1.66 bits per heavy atom. The second-order valence-corrected chi connectivity index (χ2v) is 14.7. The van der Waals surface area contributed by atoms with E-state index in [4.69, 9.17) is 4.74 Å². The Morgan fingerprint density at radius 3 is 2.34 bits per heavy atom. The molecule has 2 bridgehead atoms. The number of non-ortho nitro benzene ring substituents is 1. The topological polar surface area (TPSA) is 152 Å². The van der Waals surface area contributed by atoms with Crippen LogP contribution < -0.4 is 19.8 Å². The van der Waals surface area contributed by atoms with Crippen LogP contribution >= 0.6 is 23.1 Å². The monoisotopic (exact) mass is 668 g/mol. The van der Waals surface area contributed by atoms with Crippen molar-refractivity contribution in [2.75, 3.05) is 16.8 Å². The van der Waals surface area contributed by atoms with E-state index in [1.807, 2.05) is 55.5 Å². The quantitative estimate of drug-likeness (QED) is 0.152. The average molecular weight is 669 g/mol. The first kappa shape index (κ1) is 29.6. The Hall–Kier alpha value is -4.75. The molecule has 3 amide bonds. The summed E-state index contributed by atoms with van der Waals surface area (Å²) >= 11 is 2.79. The molecule has 7 atom stereocenters. The fourth-order valence-corrected chi connectivity index (χ4v) is 11.0. The van der Waals surface area contributed by atoms with Crippen LogP contribution in [0.1, 0.15) is 28.3 Å². The number of benzene rings is 3. The first-order valence-electron chi connectivity index (χ1n) is 15.3. The number of imide groups is 1. The highest BCUT2D eigenvalue weighted by Crippen LogP contribution is 2.68. The summed E-state index contributed by atoms with van der Waals surface area (Å²) in [4.78, 5) is 68.5. The van der Waals surface area contributed by atoms with Crippen LogP contribution in [0.3, 0.4) is 0 Å². The van der Waals surface area contributed by atoms with Gasteiger partial charge in [-0.05, 0) is 73.1 Å². The Morgan fingerprint density at radius 1 is 0.979 bits per heavy atom. The van der Waals surface area contributed by atoms with Crippen molar-refractivity contribution >= 4 is 57.9 Å². The van der Waals surface area contributed by atoms with Crippen molar-refractivity contribution in [1.29, 1.82) is 0 Å². The van der Waals surface area contributed by atoms with Gasteiger partial charge in [-0.2, -0.15) is 0 Å². The number of aromatic amines is 1. The van der Waals surface area contributed by atoms with Gasteiger partial charge in [0.05, 0.1) is 27.5 Å². The summed E-state index contributed by atoms with van der Waals surface area (Å²) in [7, 11) is 0. The van der Waals surface area contributed by atoms with Gasteiger partial charge in [0.15, 0.2) is 6.61 Å². The number of aryl methyl sites for hydroxylation is 1. The standard InChI is InChI=1S/C34H28N4O7S2/c1-16-2-6-18(7-3-16)35-24(39)15-45-21-12-4-17(5-13-21)25-26-22-14-23(29(26)46-31-30(25)47-34(42)36-31)28-27(22)32(40)37(33(28)41)19-8-10-20(11-9-19)38(43)44/h2-13,22-23,25-29H,14-15H2,1H3,(H,35,39)(H,36,42)/t22-,23-,25+,26-,27+,28+,29-/m1/s1. The number of rotatable bonds is 7. The summed E-state index contributed by atoms with van der Waals surface area (Å²) in [6.07, 6.45) is 0.746. The van der Waals surface area contributed by atoms with Crippen LogP contribution in [-0.4, -0.2) is 39.5 Å². The maximum atomic E-state index is 13.9. The van der Waals surface area contributed by atoms with Crippen LogP contribution in [0.5, 0.6) is 5.75 Å². The van der Waals surface area contributed by atoms with Crippen LogP contribution in [0.15, 0.2) is 82.6 Å². The Balaban J connectivity index is 1.05. The van der Waals surface area contributed by atoms with E-state index >= 15 is 0 Å². The summed E-state index contributed by atoms with van der Waals surface area (Å²) in [5, 5.41) is 14.8. The van der Waals surface area contributed by atoms with E-state index in [0.717, 1.165) is 27.5 Å². The predicted octanol–water partition coefficient (Wildman–Crippen LogP) is 5.35. The minimum Gasteiger partial charge on any atom is -0.484 e. The van der Waals surface area contributed by atoms with Crippen LogP contribution in [0.25, 0.3) is 0 Å². The maximum Gasteiger partial charge on any atom is 0.305 e. The largest absolute Gasteiger partial charge is 0.484 e. The number of nitrogens with zero attached hydrogens (tertiary/aromatic N) is 2. The van der Waals surface area contributed by atoms with Gasteiger partial charge in [-0.15, -0.1) is 11.8 Å². The van der Waals surface area contributed by atoms with Gasteiger partial charge in [-0.1, -0.05) is 41.2 Å². The molecule has 11 nitrogen and oxygen atoms in total. The van der Waals surface area contributed by atoms with Crippen molar-refractivity contribution in [3.05, 3.63) is 109 Å². The van der Waals surface area contributed by atoms with Gasteiger partial charge in [-0.3, -0.25) is 34.2 Å². The molecule has 0 radical (unpaired) electrons. The number of amides is 3. The number of thioether (sulfide) groups is 1. The summed E-state index contributed by atoms with van der Waals surface area (Å²) in [6, 6.07) is 20.6. The summed E-state index contributed by atoms with van der Waals surface area (Å²) < 4.78 is 5.78. The van der Waals surface area contributed by atoms with Gasteiger partial charge >= 0.3 is 4.87 Å². The second kappa shape index (κ2) is 11.2. The lowest BCUT2D eigenvalue weighted by molar-refractivity contribution is -0.384. The number of nitro benzene ring substituents is 1. The molecule has 3 aromatic carbocycles. The lowest BCUT2D eigenvalue weighted by Crippen LogP contribution is -2.42. The van der Waals surface area contributed by atoms with Crippen LogP contribution in [0, 0.1) is 46.6 Å². The average Bonchev–Trinajstić information content (AvgIpc) is 3.80. The minimum absolute atomic E-state index is 0.0193. The van der Waals surface area contributed by atoms with Gasteiger partial charge < -0.3 is 15.0 Å². The Labute approximate surface area is 276 Å². The van der Waals surface area contributed by atoms with Crippen molar-refractivity contribution < 1.29 is 24.0 Å². The SMILES string of the molecule is Cc1ccc(NC(=O)COc2ccc([C@@H]3c4sc(=O)[nH]c4S[C@@H]4[C@@H]5C[C@@H]([C@@H]6C(=O)N(c7ccc([N+](=O)[O-])cc7)C(=O)[C@@H]56)[C@H]34)cc2)cc1. The molecular weight excluding hydrogens is 641 g/mol. The normalized spacial score (nSPS) is 26.9. The lowest BCUT2D eigenvalue weighted by Gasteiger charge is -2.43. The van der Waals surface area contributed by atoms with Crippen molar-refractivity contribution in [1.82, 2.24) is 4.98 Å². The Kier molecular flexibility index (Phi) is 7.06. The molecule has 4 aliphatic rings. The molecule has 4 aromatic rings. The van der Waals surface area contributed by atoms with Crippen molar-refractivity contribution in [2.45, 2.75) is 29.5 Å². The number of hydrogen-bond donors (Lipinski definition) is 2. The van der Waals surface area contributed by atoms with E-state index in [0.29, 0.717) is 17.1 Å². The van der Waals surface area contributed by atoms with E-state index < -0.39 is 16.8 Å². The molecule has 1 saturated heterocycles. The third kappa shape index (κ3) is 4.87. The van der Waals surface area contributed by atoms with Crippen molar-refractivity contribution in [2.24, 2.45) is 29.6 Å². The fourth-order valence-electron chi connectivity index (χ4n) is 8.12. The molecule has 47 heavy (non-hydrogen) atoms.